The normalized spacial score (nSPS) is 14.0. The van der Waals surface area contributed by atoms with Gasteiger partial charge in [-0.05, 0) is 43.2 Å². The first-order valence-electron chi connectivity index (χ1n) is 10.9. The number of ether oxygens (including phenoxy) is 3. The van der Waals surface area contributed by atoms with Crippen LogP contribution >= 0.6 is 0 Å². The van der Waals surface area contributed by atoms with Crippen LogP contribution in [-0.2, 0) is 4.79 Å². The molecule has 1 aliphatic rings. The topological polar surface area (TPSA) is 85.8 Å². The van der Waals surface area contributed by atoms with Gasteiger partial charge in [-0.1, -0.05) is 0 Å². The van der Waals surface area contributed by atoms with E-state index in [9.17, 15) is 4.79 Å². The summed E-state index contributed by atoms with van der Waals surface area (Å²) in [5, 5.41) is 3.00. The van der Waals surface area contributed by atoms with Gasteiger partial charge < -0.3 is 24.4 Å². The van der Waals surface area contributed by atoms with Gasteiger partial charge in [0.05, 0.1) is 27.0 Å². The summed E-state index contributed by atoms with van der Waals surface area (Å²) in [6.07, 6.45) is 3.23. The van der Waals surface area contributed by atoms with E-state index in [4.69, 9.17) is 19.2 Å². The zero-order valence-electron chi connectivity index (χ0n) is 19.1. The van der Waals surface area contributed by atoms with Crippen molar-refractivity contribution >= 4 is 17.5 Å². The number of nitrogens with one attached hydrogen (secondary N) is 1. The van der Waals surface area contributed by atoms with Gasteiger partial charge in [-0.15, -0.1) is 0 Å². The molecule has 8 heteroatoms. The Bertz CT molecular complexity index is 1070. The Kier molecular flexibility index (Phi) is 6.92. The van der Waals surface area contributed by atoms with Gasteiger partial charge in [-0.3, -0.25) is 4.79 Å². The quantitative estimate of drug-likeness (QED) is 0.584. The molecule has 33 heavy (non-hydrogen) atoms. The Labute approximate surface area is 193 Å². The molecule has 1 amide bonds. The van der Waals surface area contributed by atoms with Gasteiger partial charge in [-0.25, -0.2) is 9.97 Å². The van der Waals surface area contributed by atoms with Crippen molar-refractivity contribution in [2.75, 3.05) is 44.6 Å². The molecule has 2 aromatic carbocycles. The van der Waals surface area contributed by atoms with Crippen LogP contribution in [0.1, 0.15) is 12.8 Å². The molecule has 0 atom stereocenters. The molecule has 0 spiro atoms. The Balaban J connectivity index is 1.38. The Morgan fingerprint density at radius 3 is 2.15 bits per heavy atom. The lowest BCUT2D eigenvalue weighted by molar-refractivity contribution is -0.120. The van der Waals surface area contributed by atoms with E-state index >= 15 is 0 Å². The maximum absolute atomic E-state index is 12.8. The van der Waals surface area contributed by atoms with Crippen molar-refractivity contribution in [2.45, 2.75) is 12.8 Å². The van der Waals surface area contributed by atoms with Crippen LogP contribution in [0.5, 0.6) is 17.2 Å². The molecule has 172 valence electrons. The van der Waals surface area contributed by atoms with Crippen LogP contribution in [0.3, 0.4) is 0 Å². The predicted molar refractivity (Wildman–Crippen MR) is 127 cm³/mol. The number of nitrogens with zero attached hydrogens (tertiary/aromatic N) is 3. The first-order chi connectivity index (χ1) is 16.1. The lowest BCUT2D eigenvalue weighted by Gasteiger charge is -2.31. The number of anilines is 2. The van der Waals surface area contributed by atoms with E-state index in [2.05, 4.69) is 15.2 Å². The maximum atomic E-state index is 12.8. The van der Waals surface area contributed by atoms with Crippen LogP contribution < -0.4 is 24.4 Å². The monoisotopic (exact) mass is 448 g/mol. The minimum absolute atomic E-state index is 0.00198. The van der Waals surface area contributed by atoms with E-state index in [-0.39, 0.29) is 11.8 Å². The van der Waals surface area contributed by atoms with E-state index in [1.807, 2.05) is 30.3 Å². The van der Waals surface area contributed by atoms with Crippen molar-refractivity contribution in [1.82, 2.24) is 9.97 Å². The van der Waals surface area contributed by atoms with E-state index in [0.29, 0.717) is 36.2 Å². The summed E-state index contributed by atoms with van der Waals surface area (Å²) in [6, 6.07) is 15.0. The zero-order chi connectivity index (χ0) is 23.2. The van der Waals surface area contributed by atoms with E-state index < -0.39 is 0 Å². The Morgan fingerprint density at radius 1 is 0.909 bits per heavy atom. The van der Waals surface area contributed by atoms with Gasteiger partial charge in [0.25, 0.3) is 0 Å². The van der Waals surface area contributed by atoms with Gasteiger partial charge in [0.15, 0.2) is 0 Å². The molecule has 0 radical (unpaired) electrons. The van der Waals surface area contributed by atoms with Crippen molar-refractivity contribution in [3.05, 3.63) is 54.7 Å². The highest BCUT2D eigenvalue weighted by Gasteiger charge is 2.26. The van der Waals surface area contributed by atoms with Crippen molar-refractivity contribution in [1.29, 1.82) is 0 Å². The smallest absolute Gasteiger partial charge is 0.227 e. The van der Waals surface area contributed by atoms with Crippen molar-refractivity contribution in [2.24, 2.45) is 5.92 Å². The lowest BCUT2D eigenvalue weighted by Crippen LogP contribution is -2.39. The fraction of sp³-hybridized carbons (Fsp3) is 0.320. The number of aromatic nitrogens is 2. The average Bonchev–Trinajstić information content (AvgIpc) is 2.88. The van der Waals surface area contributed by atoms with E-state index in [1.165, 1.54) is 0 Å². The number of amides is 1. The fourth-order valence-corrected chi connectivity index (χ4v) is 3.89. The molecule has 4 rings (SSSR count). The van der Waals surface area contributed by atoms with E-state index in [0.717, 1.165) is 29.8 Å². The first kappa shape index (κ1) is 22.4. The molecule has 1 fully saturated rings. The van der Waals surface area contributed by atoms with Crippen molar-refractivity contribution in [3.63, 3.8) is 0 Å². The van der Waals surface area contributed by atoms with Crippen LogP contribution in [0, 0.1) is 5.92 Å². The third kappa shape index (κ3) is 5.34. The lowest BCUT2D eigenvalue weighted by atomic mass is 9.96. The third-order valence-corrected chi connectivity index (χ3v) is 5.80. The van der Waals surface area contributed by atoms with Crippen LogP contribution in [0.4, 0.5) is 11.6 Å². The summed E-state index contributed by atoms with van der Waals surface area (Å²) in [7, 11) is 4.82. The maximum Gasteiger partial charge on any atom is 0.227 e. The number of hydrogen-bond acceptors (Lipinski definition) is 7. The molecule has 1 saturated heterocycles. The number of benzene rings is 2. The van der Waals surface area contributed by atoms with Gasteiger partial charge in [0.2, 0.25) is 11.9 Å². The van der Waals surface area contributed by atoms with Gasteiger partial charge in [-0.2, -0.15) is 0 Å². The second-order valence-corrected chi connectivity index (χ2v) is 7.82. The van der Waals surface area contributed by atoms with Crippen LogP contribution in [-0.4, -0.2) is 50.3 Å². The number of hydrogen-bond donors (Lipinski definition) is 1. The highest BCUT2D eigenvalue weighted by Crippen LogP contribution is 2.28. The van der Waals surface area contributed by atoms with Crippen molar-refractivity contribution in [3.8, 4) is 28.5 Å². The number of carbonyl (C=O) groups is 1. The van der Waals surface area contributed by atoms with Gasteiger partial charge in [0, 0.05) is 54.7 Å². The van der Waals surface area contributed by atoms with Gasteiger partial charge >= 0.3 is 0 Å². The molecular formula is C25H28N4O4. The SMILES string of the molecule is COc1ccc(-c2ccnc(N3CCC(C(=O)Nc4cc(OC)cc(OC)c4)CC3)n2)cc1. The molecular weight excluding hydrogens is 420 g/mol. The van der Waals surface area contributed by atoms with E-state index in [1.54, 1.807) is 45.7 Å². The zero-order valence-corrected chi connectivity index (χ0v) is 19.1. The summed E-state index contributed by atoms with van der Waals surface area (Å²) in [4.78, 5) is 24.2. The van der Waals surface area contributed by atoms with Crippen LogP contribution in [0.25, 0.3) is 11.3 Å². The molecule has 3 aromatic rings. The predicted octanol–water partition coefficient (Wildman–Crippen LogP) is 4.02. The molecule has 0 saturated carbocycles. The molecule has 8 nitrogen and oxygen atoms in total. The molecule has 0 unspecified atom stereocenters. The second-order valence-electron chi connectivity index (χ2n) is 7.82. The largest absolute Gasteiger partial charge is 0.497 e. The molecule has 1 aliphatic heterocycles. The molecule has 0 aliphatic carbocycles. The fourth-order valence-electron chi connectivity index (χ4n) is 3.89. The van der Waals surface area contributed by atoms with Crippen LogP contribution in [0.15, 0.2) is 54.7 Å². The third-order valence-electron chi connectivity index (χ3n) is 5.80. The number of carbonyl (C=O) groups excluding carboxylic acids is 1. The first-order valence-corrected chi connectivity index (χ1v) is 10.9. The Hall–Kier alpha value is -3.81. The highest BCUT2D eigenvalue weighted by atomic mass is 16.5. The van der Waals surface area contributed by atoms with Crippen LogP contribution in [0.2, 0.25) is 0 Å². The minimum Gasteiger partial charge on any atom is -0.497 e. The molecule has 0 bridgehead atoms. The minimum atomic E-state index is -0.0804. The summed E-state index contributed by atoms with van der Waals surface area (Å²) in [6.45, 7) is 1.43. The summed E-state index contributed by atoms with van der Waals surface area (Å²) < 4.78 is 15.8. The standard InChI is InChI=1S/C25H28N4O4/c1-31-20-6-4-17(5-7-20)23-8-11-26-25(28-23)29-12-9-18(10-13-29)24(30)27-19-14-21(32-2)16-22(15-19)33-3/h4-8,11,14-16,18H,9-10,12-13H2,1-3H3,(H,27,30). The number of piperidine rings is 1. The van der Waals surface area contributed by atoms with Crippen molar-refractivity contribution < 1.29 is 19.0 Å². The molecule has 1 N–H and O–H groups in total. The molecule has 2 heterocycles. The molecule has 1 aromatic heterocycles. The second kappa shape index (κ2) is 10.2. The summed E-state index contributed by atoms with van der Waals surface area (Å²) in [5.41, 5.74) is 2.52. The Morgan fingerprint density at radius 2 is 1.55 bits per heavy atom. The average molecular weight is 449 g/mol. The number of methoxy groups -OCH3 is 3. The van der Waals surface area contributed by atoms with Gasteiger partial charge in [0.1, 0.15) is 17.2 Å². The summed E-state index contributed by atoms with van der Waals surface area (Å²) >= 11 is 0. The highest BCUT2D eigenvalue weighted by molar-refractivity contribution is 5.93. The number of rotatable bonds is 7. The summed E-state index contributed by atoms with van der Waals surface area (Å²) in [5.74, 6) is 2.67.